The second-order valence-electron chi connectivity index (χ2n) is 7.63. The van der Waals surface area contributed by atoms with Gasteiger partial charge in [-0.15, -0.1) is 0 Å². The van der Waals surface area contributed by atoms with E-state index >= 15 is 0 Å². The molecule has 0 aromatic heterocycles. The zero-order chi connectivity index (χ0) is 12.5. The summed E-state index contributed by atoms with van der Waals surface area (Å²) >= 11 is 0. The van der Waals surface area contributed by atoms with Crippen molar-refractivity contribution in [3.63, 3.8) is 0 Å². The van der Waals surface area contributed by atoms with E-state index in [4.69, 9.17) is 15.7 Å². The van der Waals surface area contributed by atoms with Crippen molar-refractivity contribution in [2.75, 3.05) is 0 Å². The standard InChI is InChI=1S/C15H24B2/c1-4-13(2,3)15(16,17)12-9-10-5-7-14(10)8-6-11(12)14/h10-12H,4-9H2,1-3H3. The van der Waals surface area contributed by atoms with Gasteiger partial charge in [-0.2, -0.15) is 0 Å². The molecule has 3 fully saturated rings. The molecule has 17 heavy (non-hydrogen) atoms. The zero-order valence-corrected chi connectivity index (χ0v) is 11.6. The summed E-state index contributed by atoms with van der Waals surface area (Å²) in [6, 6.07) is 0. The molecule has 0 aliphatic heterocycles. The highest BCUT2D eigenvalue weighted by atomic mass is 14.7. The third-order valence-corrected chi connectivity index (χ3v) is 7.12. The van der Waals surface area contributed by atoms with Crippen LogP contribution in [0.5, 0.6) is 0 Å². The summed E-state index contributed by atoms with van der Waals surface area (Å²) in [6.45, 7) is 6.71. The van der Waals surface area contributed by atoms with Gasteiger partial charge < -0.3 is 0 Å². The van der Waals surface area contributed by atoms with Crippen LogP contribution in [0.1, 0.15) is 59.3 Å². The van der Waals surface area contributed by atoms with Crippen molar-refractivity contribution in [2.24, 2.45) is 28.6 Å². The van der Waals surface area contributed by atoms with Gasteiger partial charge in [0.1, 0.15) is 0 Å². The lowest BCUT2D eigenvalue weighted by atomic mass is 9.35. The fourth-order valence-corrected chi connectivity index (χ4v) is 4.98. The van der Waals surface area contributed by atoms with Gasteiger partial charge >= 0.3 is 0 Å². The third-order valence-electron chi connectivity index (χ3n) is 7.12. The van der Waals surface area contributed by atoms with Crippen LogP contribution in [0.25, 0.3) is 0 Å². The van der Waals surface area contributed by atoms with Crippen molar-refractivity contribution in [3.05, 3.63) is 0 Å². The Bertz CT molecular complexity index is 330. The Balaban J connectivity index is 1.86. The fourth-order valence-electron chi connectivity index (χ4n) is 4.98. The highest BCUT2D eigenvalue weighted by Crippen LogP contribution is 2.76. The van der Waals surface area contributed by atoms with E-state index in [0.717, 1.165) is 18.3 Å². The van der Waals surface area contributed by atoms with Crippen LogP contribution in [0, 0.1) is 28.6 Å². The van der Waals surface area contributed by atoms with Crippen molar-refractivity contribution < 1.29 is 0 Å². The molecule has 3 aliphatic carbocycles. The lowest BCUT2D eigenvalue weighted by molar-refractivity contribution is -0.0764. The molecule has 4 radical (unpaired) electrons. The topological polar surface area (TPSA) is 0 Å². The van der Waals surface area contributed by atoms with E-state index in [1.54, 1.807) is 0 Å². The van der Waals surface area contributed by atoms with Crippen molar-refractivity contribution in [1.29, 1.82) is 0 Å². The number of hydrogen-bond acceptors (Lipinski definition) is 0. The van der Waals surface area contributed by atoms with E-state index in [2.05, 4.69) is 20.8 Å². The fraction of sp³-hybridized carbons (Fsp3) is 1.00. The Morgan fingerprint density at radius 3 is 2.18 bits per heavy atom. The van der Waals surface area contributed by atoms with Gasteiger partial charge in [-0.3, -0.25) is 0 Å². The van der Waals surface area contributed by atoms with Gasteiger partial charge in [0.2, 0.25) is 0 Å². The molecule has 90 valence electrons. The molecule has 4 unspecified atom stereocenters. The molecular formula is C15H24B2. The van der Waals surface area contributed by atoms with Crippen molar-refractivity contribution >= 4 is 15.7 Å². The minimum atomic E-state index is -0.475. The maximum absolute atomic E-state index is 6.62. The second kappa shape index (κ2) is 3.36. The molecule has 0 nitrogen and oxygen atoms in total. The highest BCUT2D eigenvalue weighted by molar-refractivity contribution is 6.40. The van der Waals surface area contributed by atoms with E-state index in [-0.39, 0.29) is 5.41 Å². The van der Waals surface area contributed by atoms with Crippen LogP contribution < -0.4 is 0 Å². The van der Waals surface area contributed by atoms with E-state index < -0.39 is 5.21 Å². The first-order chi connectivity index (χ1) is 7.85. The first-order valence-electron chi connectivity index (χ1n) is 7.43. The average Bonchev–Trinajstić information content (AvgIpc) is 2.33. The molecule has 0 heterocycles. The van der Waals surface area contributed by atoms with E-state index in [1.807, 2.05) is 0 Å². The summed E-state index contributed by atoms with van der Waals surface area (Å²) in [4.78, 5) is 0. The van der Waals surface area contributed by atoms with Crippen LogP contribution >= 0.6 is 0 Å². The smallest absolute Gasteiger partial charge is 0.0631 e. The van der Waals surface area contributed by atoms with Gasteiger partial charge in [0.15, 0.2) is 0 Å². The Hall–Kier alpha value is 0.130. The maximum Gasteiger partial charge on any atom is 0.0631 e. The molecule has 0 N–H and O–H groups in total. The third kappa shape index (κ3) is 1.28. The molecule has 0 amide bonds. The van der Waals surface area contributed by atoms with E-state index in [9.17, 15) is 0 Å². The molecule has 0 saturated heterocycles. The molecule has 0 aromatic carbocycles. The van der Waals surface area contributed by atoms with Crippen LogP contribution in [-0.4, -0.2) is 15.7 Å². The van der Waals surface area contributed by atoms with Crippen LogP contribution in [0.15, 0.2) is 0 Å². The summed E-state index contributed by atoms with van der Waals surface area (Å²) in [6.07, 6.45) is 8.12. The molecule has 0 bridgehead atoms. The normalized spacial score (nSPS) is 44.5. The Morgan fingerprint density at radius 2 is 1.82 bits per heavy atom. The summed E-state index contributed by atoms with van der Waals surface area (Å²) < 4.78 is 0. The van der Waals surface area contributed by atoms with Crippen LogP contribution in [0.4, 0.5) is 0 Å². The van der Waals surface area contributed by atoms with Gasteiger partial charge in [0.25, 0.3) is 0 Å². The second-order valence-corrected chi connectivity index (χ2v) is 7.63. The highest BCUT2D eigenvalue weighted by Gasteiger charge is 2.66. The van der Waals surface area contributed by atoms with Gasteiger partial charge in [-0.1, -0.05) is 32.4 Å². The molecule has 3 aliphatic rings. The number of rotatable bonds is 3. The Kier molecular flexibility index (Phi) is 2.41. The van der Waals surface area contributed by atoms with Gasteiger partial charge in [0.05, 0.1) is 15.7 Å². The lowest BCUT2D eigenvalue weighted by Gasteiger charge is -2.59. The molecule has 0 aromatic rings. The lowest BCUT2D eigenvalue weighted by Crippen LogP contribution is -2.50. The van der Waals surface area contributed by atoms with Crippen molar-refractivity contribution in [2.45, 2.75) is 64.5 Å². The quantitative estimate of drug-likeness (QED) is 0.643. The maximum atomic E-state index is 6.62. The minimum Gasteiger partial charge on any atom is -0.0911 e. The number of hydrogen-bond donors (Lipinski definition) is 0. The predicted octanol–water partition coefficient (Wildman–Crippen LogP) is 3.70. The summed E-state index contributed by atoms with van der Waals surface area (Å²) in [5, 5.41) is -0.475. The molecular weight excluding hydrogens is 202 g/mol. The average molecular weight is 226 g/mol. The molecule has 3 rings (SSSR count). The van der Waals surface area contributed by atoms with Gasteiger partial charge in [-0.25, -0.2) is 0 Å². The van der Waals surface area contributed by atoms with Crippen LogP contribution in [0.3, 0.4) is 0 Å². The molecule has 1 spiro atoms. The van der Waals surface area contributed by atoms with E-state index in [1.165, 1.54) is 32.1 Å². The van der Waals surface area contributed by atoms with Gasteiger partial charge in [0, 0.05) is 0 Å². The van der Waals surface area contributed by atoms with Crippen LogP contribution in [-0.2, 0) is 0 Å². The summed E-state index contributed by atoms with van der Waals surface area (Å²) in [7, 11) is 13.2. The van der Waals surface area contributed by atoms with Crippen molar-refractivity contribution in [1.82, 2.24) is 0 Å². The first kappa shape index (κ1) is 12.2. The zero-order valence-electron chi connectivity index (χ0n) is 11.6. The SMILES string of the molecule is [B]C([B])(C1CC2CCC23CCC13)C(C)(C)CC. The predicted molar refractivity (Wildman–Crippen MR) is 74.3 cm³/mol. The van der Waals surface area contributed by atoms with Crippen molar-refractivity contribution in [3.8, 4) is 0 Å². The summed E-state index contributed by atoms with van der Waals surface area (Å²) in [5.41, 5.74) is 0.761. The summed E-state index contributed by atoms with van der Waals surface area (Å²) in [5.74, 6) is 2.38. The minimum absolute atomic E-state index is 0.0538. The Labute approximate surface area is 109 Å². The first-order valence-corrected chi connectivity index (χ1v) is 7.43. The Morgan fingerprint density at radius 1 is 1.18 bits per heavy atom. The largest absolute Gasteiger partial charge is 0.0911 e. The van der Waals surface area contributed by atoms with Crippen LogP contribution in [0.2, 0.25) is 5.21 Å². The monoisotopic (exact) mass is 226 g/mol. The molecule has 4 atom stereocenters. The van der Waals surface area contributed by atoms with E-state index in [0.29, 0.717) is 11.3 Å². The molecule has 2 heteroatoms. The molecule has 3 saturated carbocycles. The van der Waals surface area contributed by atoms with Gasteiger partial charge in [-0.05, 0) is 60.7 Å².